The highest BCUT2D eigenvalue weighted by molar-refractivity contribution is 7.17. The number of carbonyl (C=O) groups excluding carboxylic acids is 2. The fourth-order valence-electron chi connectivity index (χ4n) is 1.80. The largest absolute Gasteiger partial charge is 0.444 e. The second-order valence-corrected chi connectivity index (χ2v) is 8.48. The van der Waals surface area contributed by atoms with Gasteiger partial charge in [-0.3, -0.25) is 4.79 Å². The van der Waals surface area contributed by atoms with Crippen molar-refractivity contribution >= 4 is 39.8 Å². The van der Waals surface area contributed by atoms with Crippen molar-refractivity contribution < 1.29 is 14.3 Å². The zero-order valence-electron chi connectivity index (χ0n) is 14.4. The third kappa shape index (κ3) is 5.31. The van der Waals surface area contributed by atoms with Gasteiger partial charge in [0, 0.05) is 17.3 Å². The van der Waals surface area contributed by atoms with Crippen LogP contribution >= 0.6 is 22.7 Å². The molecular weight excluding hydrogens is 346 g/mol. The number of anilines is 1. The summed E-state index contributed by atoms with van der Waals surface area (Å²) < 4.78 is 5.21. The van der Waals surface area contributed by atoms with Gasteiger partial charge in [-0.15, -0.1) is 22.7 Å². The molecule has 2 heterocycles. The van der Waals surface area contributed by atoms with Crippen molar-refractivity contribution in [1.29, 1.82) is 0 Å². The number of ether oxygens (including phenoxy) is 1. The Morgan fingerprint density at radius 3 is 2.62 bits per heavy atom. The zero-order valence-corrected chi connectivity index (χ0v) is 16.0. The van der Waals surface area contributed by atoms with Crippen LogP contribution < -0.4 is 5.32 Å². The highest BCUT2D eigenvalue weighted by atomic mass is 32.1. The first kappa shape index (κ1) is 18.4. The van der Waals surface area contributed by atoms with Crippen molar-refractivity contribution in [3.8, 4) is 10.6 Å². The van der Waals surface area contributed by atoms with E-state index in [-0.39, 0.29) is 12.5 Å². The number of thiophene rings is 1. The van der Waals surface area contributed by atoms with Crippen LogP contribution in [0.25, 0.3) is 10.6 Å². The molecule has 2 amide bonds. The molecule has 8 heteroatoms. The van der Waals surface area contributed by atoms with Gasteiger partial charge in [-0.2, -0.15) is 0 Å². The minimum absolute atomic E-state index is 0.0953. The smallest absolute Gasteiger partial charge is 0.410 e. The van der Waals surface area contributed by atoms with E-state index in [0.29, 0.717) is 5.13 Å². The number of nitrogens with one attached hydrogen (secondary N) is 1. The molecule has 0 bridgehead atoms. The molecule has 0 radical (unpaired) electrons. The molecule has 0 aromatic carbocycles. The molecule has 2 rings (SSSR count). The minimum atomic E-state index is -0.592. The van der Waals surface area contributed by atoms with Crippen LogP contribution in [0.1, 0.15) is 25.6 Å². The second kappa shape index (κ2) is 7.31. The van der Waals surface area contributed by atoms with E-state index in [1.165, 1.54) is 28.2 Å². The summed E-state index contributed by atoms with van der Waals surface area (Å²) in [5.74, 6) is -0.313. The fraction of sp³-hybridized carbons (Fsp3) is 0.438. The summed E-state index contributed by atoms with van der Waals surface area (Å²) in [5.41, 5.74) is 0.249. The first-order valence-corrected chi connectivity index (χ1v) is 9.10. The Bertz CT molecular complexity index is 731. The number of rotatable bonds is 4. The maximum Gasteiger partial charge on any atom is 0.410 e. The van der Waals surface area contributed by atoms with Crippen molar-refractivity contribution in [3.63, 3.8) is 0 Å². The topological polar surface area (TPSA) is 71.5 Å². The van der Waals surface area contributed by atoms with Gasteiger partial charge in [0.05, 0.1) is 10.6 Å². The molecule has 2 aromatic rings. The van der Waals surface area contributed by atoms with Gasteiger partial charge in [0.25, 0.3) is 0 Å². The van der Waals surface area contributed by atoms with Crippen LogP contribution in [0.5, 0.6) is 0 Å². The summed E-state index contributed by atoms with van der Waals surface area (Å²) in [6.07, 6.45) is -0.536. The number of aryl methyl sites for hydroxylation is 1. The quantitative estimate of drug-likeness (QED) is 0.887. The van der Waals surface area contributed by atoms with Gasteiger partial charge in [0.15, 0.2) is 5.13 Å². The van der Waals surface area contributed by atoms with Crippen LogP contribution in [0.3, 0.4) is 0 Å². The molecule has 6 nitrogen and oxygen atoms in total. The Morgan fingerprint density at radius 1 is 1.33 bits per heavy atom. The summed E-state index contributed by atoms with van der Waals surface area (Å²) in [4.78, 5) is 31.8. The minimum Gasteiger partial charge on any atom is -0.444 e. The summed E-state index contributed by atoms with van der Waals surface area (Å²) >= 11 is 3.01. The fourth-order valence-corrected chi connectivity index (χ4v) is 3.42. The predicted molar refractivity (Wildman–Crippen MR) is 97.7 cm³/mol. The van der Waals surface area contributed by atoms with Gasteiger partial charge in [-0.25, -0.2) is 9.78 Å². The van der Waals surface area contributed by atoms with Crippen LogP contribution in [-0.4, -0.2) is 41.1 Å². The lowest BCUT2D eigenvalue weighted by molar-refractivity contribution is -0.117. The van der Waals surface area contributed by atoms with Gasteiger partial charge < -0.3 is 15.0 Å². The number of carbonyl (C=O) groups is 2. The molecule has 0 aliphatic carbocycles. The monoisotopic (exact) mass is 367 g/mol. The lowest BCUT2D eigenvalue weighted by atomic mass is 10.2. The molecule has 2 aromatic heterocycles. The predicted octanol–water partition coefficient (Wildman–Crippen LogP) is 3.99. The molecule has 0 aliphatic heterocycles. The summed E-state index contributed by atoms with van der Waals surface area (Å²) in [6.45, 7) is 7.28. The molecule has 0 saturated heterocycles. The van der Waals surface area contributed by atoms with E-state index in [4.69, 9.17) is 4.74 Å². The van der Waals surface area contributed by atoms with E-state index in [1.807, 2.05) is 24.4 Å². The Morgan fingerprint density at radius 2 is 2.04 bits per heavy atom. The van der Waals surface area contributed by atoms with E-state index in [0.717, 1.165) is 10.6 Å². The van der Waals surface area contributed by atoms with Crippen LogP contribution in [0.15, 0.2) is 17.5 Å². The van der Waals surface area contributed by atoms with Gasteiger partial charge in [-0.05, 0) is 39.8 Å². The average molecular weight is 367 g/mol. The third-order valence-electron chi connectivity index (χ3n) is 2.83. The van der Waals surface area contributed by atoms with Crippen molar-refractivity contribution in [3.05, 3.63) is 22.4 Å². The molecule has 24 heavy (non-hydrogen) atoms. The molecule has 0 atom stereocenters. The number of amides is 2. The molecular formula is C16H21N3O3S2. The standard InChI is InChI=1S/C16H21N3O3S2/c1-10-6-7-12(24-10)11-9-23-14(17-11)18-13(20)8-19(5)15(21)22-16(2,3)4/h6-7,9H,8H2,1-5H3,(H,17,18,20). The van der Waals surface area contributed by atoms with Crippen molar-refractivity contribution in [2.24, 2.45) is 0 Å². The average Bonchev–Trinajstić information content (AvgIpc) is 3.05. The summed E-state index contributed by atoms with van der Waals surface area (Å²) in [5, 5.41) is 5.13. The highest BCUT2D eigenvalue weighted by Gasteiger charge is 2.21. The number of nitrogens with zero attached hydrogens (tertiary/aromatic N) is 2. The number of aromatic nitrogens is 1. The van der Waals surface area contributed by atoms with Crippen LogP contribution in [-0.2, 0) is 9.53 Å². The second-order valence-electron chi connectivity index (χ2n) is 6.33. The maximum atomic E-state index is 12.1. The van der Waals surface area contributed by atoms with Gasteiger partial charge in [0.1, 0.15) is 12.1 Å². The van der Waals surface area contributed by atoms with E-state index < -0.39 is 11.7 Å². The van der Waals surface area contributed by atoms with Gasteiger partial charge in [-0.1, -0.05) is 0 Å². The number of hydrogen-bond acceptors (Lipinski definition) is 6. The van der Waals surface area contributed by atoms with Crippen LogP contribution in [0.2, 0.25) is 0 Å². The Hall–Kier alpha value is -1.93. The van der Waals surface area contributed by atoms with E-state index in [2.05, 4.69) is 10.3 Å². The Balaban J connectivity index is 1.91. The van der Waals surface area contributed by atoms with Crippen LogP contribution in [0, 0.1) is 6.92 Å². The summed E-state index contributed by atoms with van der Waals surface area (Å²) in [7, 11) is 1.52. The zero-order chi connectivity index (χ0) is 17.9. The molecule has 0 spiro atoms. The Labute approximate surface area is 149 Å². The molecule has 130 valence electrons. The number of likely N-dealkylation sites (N-methyl/N-ethyl adjacent to an activating group) is 1. The Kier molecular flexibility index (Phi) is 5.61. The van der Waals surface area contributed by atoms with Crippen molar-refractivity contribution in [2.45, 2.75) is 33.3 Å². The first-order valence-electron chi connectivity index (χ1n) is 7.40. The van der Waals surface area contributed by atoms with E-state index in [1.54, 1.807) is 32.1 Å². The number of hydrogen-bond donors (Lipinski definition) is 1. The summed E-state index contributed by atoms with van der Waals surface area (Å²) in [6, 6.07) is 4.05. The third-order valence-corrected chi connectivity index (χ3v) is 4.61. The van der Waals surface area contributed by atoms with E-state index in [9.17, 15) is 9.59 Å². The van der Waals surface area contributed by atoms with Gasteiger partial charge >= 0.3 is 6.09 Å². The maximum absolute atomic E-state index is 12.1. The molecule has 0 saturated carbocycles. The van der Waals surface area contributed by atoms with Gasteiger partial charge in [0.2, 0.25) is 5.91 Å². The molecule has 0 unspecified atom stereocenters. The number of thiazole rings is 1. The van der Waals surface area contributed by atoms with Crippen molar-refractivity contribution in [2.75, 3.05) is 18.9 Å². The molecule has 0 fully saturated rings. The first-order chi connectivity index (χ1) is 11.1. The lowest BCUT2D eigenvalue weighted by Crippen LogP contribution is -2.38. The molecule has 0 aliphatic rings. The van der Waals surface area contributed by atoms with E-state index >= 15 is 0 Å². The van der Waals surface area contributed by atoms with Crippen LogP contribution in [0.4, 0.5) is 9.93 Å². The molecule has 1 N–H and O–H groups in total. The van der Waals surface area contributed by atoms with Crippen molar-refractivity contribution in [1.82, 2.24) is 9.88 Å². The lowest BCUT2D eigenvalue weighted by Gasteiger charge is -2.24. The normalized spacial score (nSPS) is 11.2. The highest BCUT2D eigenvalue weighted by Crippen LogP contribution is 2.30. The SMILES string of the molecule is Cc1ccc(-c2csc(NC(=O)CN(C)C(=O)OC(C)(C)C)n2)s1.